The average molecular weight is 215 g/mol. The molecule has 2 aromatic carbocycles. The summed E-state index contributed by atoms with van der Waals surface area (Å²) in [6, 6.07) is 14.5. The van der Waals surface area contributed by atoms with Gasteiger partial charge in [0.1, 0.15) is 5.82 Å². The van der Waals surface area contributed by atoms with Crippen molar-refractivity contribution in [1.29, 1.82) is 0 Å². The highest BCUT2D eigenvalue weighted by molar-refractivity contribution is 5.39. The van der Waals surface area contributed by atoms with Crippen LogP contribution in [0.1, 0.15) is 11.1 Å². The molecule has 0 amide bonds. The van der Waals surface area contributed by atoms with E-state index < -0.39 is 0 Å². The van der Waals surface area contributed by atoms with Crippen LogP contribution in [0.2, 0.25) is 0 Å². The predicted molar refractivity (Wildman–Crippen MR) is 64.7 cm³/mol. The number of rotatable bonds is 3. The second-order valence-corrected chi connectivity index (χ2v) is 3.87. The highest BCUT2D eigenvalue weighted by Gasteiger charge is 1.97. The molecule has 0 spiro atoms. The molecule has 0 saturated carbocycles. The van der Waals surface area contributed by atoms with Crippen molar-refractivity contribution < 1.29 is 4.39 Å². The first-order valence-electron chi connectivity index (χ1n) is 5.33. The first-order valence-corrected chi connectivity index (χ1v) is 5.33. The van der Waals surface area contributed by atoms with Crippen LogP contribution < -0.4 is 5.73 Å². The van der Waals surface area contributed by atoms with Crippen LogP contribution in [0.4, 0.5) is 10.1 Å². The van der Waals surface area contributed by atoms with Crippen molar-refractivity contribution in [3.8, 4) is 0 Å². The van der Waals surface area contributed by atoms with Gasteiger partial charge >= 0.3 is 0 Å². The lowest BCUT2D eigenvalue weighted by molar-refractivity contribution is 0.625. The molecule has 0 atom stereocenters. The lowest BCUT2D eigenvalue weighted by atomic mass is 10.0. The van der Waals surface area contributed by atoms with E-state index in [2.05, 4.69) is 0 Å². The van der Waals surface area contributed by atoms with E-state index in [1.165, 1.54) is 11.6 Å². The number of aryl methyl sites for hydroxylation is 2. The Morgan fingerprint density at radius 3 is 2.25 bits per heavy atom. The number of halogens is 1. The largest absolute Gasteiger partial charge is 0.399 e. The molecule has 0 aromatic heterocycles. The van der Waals surface area contributed by atoms with Crippen molar-refractivity contribution >= 4 is 5.69 Å². The molecule has 2 rings (SSSR count). The average Bonchev–Trinajstić information content (AvgIpc) is 2.28. The van der Waals surface area contributed by atoms with E-state index in [-0.39, 0.29) is 5.82 Å². The lowest BCUT2D eigenvalue weighted by Gasteiger charge is -2.02. The van der Waals surface area contributed by atoms with Crippen LogP contribution in [-0.4, -0.2) is 0 Å². The van der Waals surface area contributed by atoms with Crippen LogP contribution in [0.3, 0.4) is 0 Å². The minimum absolute atomic E-state index is 0.171. The molecular formula is C14H14FN. The van der Waals surface area contributed by atoms with Gasteiger partial charge in [-0.3, -0.25) is 0 Å². The molecule has 2 aromatic rings. The number of nitrogens with two attached hydrogens (primary N) is 1. The molecule has 0 aliphatic heterocycles. The van der Waals surface area contributed by atoms with Gasteiger partial charge < -0.3 is 5.73 Å². The van der Waals surface area contributed by atoms with E-state index in [1.807, 2.05) is 30.3 Å². The van der Waals surface area contributed by atoms with Crippen molar-refractivity contribution in [2.24, 2.45) is 0 Å². The monoisotopic (exact) mass is 215 g/mol. The summed E-state index contributed by atoms with van der Waals surface area (Å²) in [5.41, 5.74) is 8.62. The summed E-state index contributed by atoms with van der Waals surface area (Å²) in [6.45, 7) is 0. The van der Waals surface area contributed by atoms with Gasteiger partial charge in [-0.15, -0.1) is 0 Å². The van der Waals surface area contributed by atoms with Crippen molar-refractivity contribution in [2.45, 2.75) is 12.8 Å². The fourth-order valence-electron chi connectivity index (χ4n) is 1.67. The maximum atomic E-state index is 12.9. The van der Waals surface area contributed by atoms with Gasteiger partial charge in [-0.1, -0.05) is 24.3 Å². The smallest absolute Gasteiger partial charge is 0.123 e. The zero-order valence-electron chi connectivity index (χ0n) is 8.99. The number of nitrogen functional groups attached to an aromatic ring is 1. The van der Waals surface area contributed by atoms with Gasteiger partial charge in [-0.25, -0.2) is 4.39 Å². The maximum Gasteiger partial charge on any atom is 0.123 e. The van der Waals surface area contributed by atoms with Crippen LogP contribution in [0.15, 0.2) is 48.5 Å². The lowest BCUT2D eigenvalue weighted by Crippen LogP contribution is -1.92. The first kappa shape index (κ1) is 10.7. The molecule has 82 valence electrons. The molecule has 0 unspecified atom stereocenters. The summed E-state index contributed by atoms with van der Waals surface area (Å²) < 4.78 is 12.9. The molecular weight excluding hydrogens is 201 g/mol. The predicted octanol–water partition coefficient (Wildman–Crippen LogP) is 3.19. The Hall–Kier alpha value is -1.83. The van der Waals surface area contributed by atoms with E-state index in [9.17, 15) is 4.39 Å². The minimum atomic E-state index is -0.171. The third-order valence-electron chi connectivity index (χ3n) is 2.57. The normalized spacial score (nSPS) is 10.3. The van der Waals surface area contributed by atoms with Gasteiger partial charge in [-0.05, 0) is 48.2 Å². The van der Waals surface area contributed by atoms with E-state index in [0.29, 0.717) is 0 Å². The molecule has 2 N–H and O–H groups in total. The minimum Gasteiger partial charge on any atom is -0.399 e. The first-order chi connectivity index (χ1) is 7.74. The quantitative estimate of drug-likeness (QED) is 0.782. The topological polar surface area (TPSA) is 26.0 Å². The van der Waals surface area contributed by atoms with E-state index in [1.54, 1.807) is 12.1 Å². The van der Waals surface area contributed by atoms with Gasteiger partial charge in [0.05, 0.1) is 0 Å². The summed E-state index contributed by atoms with van der Waals surface area (Å²) in [5.74, 6) is -0.171. The number of anilines is 1. The Morgan fingerprint density at radius 2 is 1.56 bits per heavy atom. The Kier molecular flexibility index (Phi) is 3.20. The summed E-state index contributed by atoms with van der Waals surface area (Å²) in [6.07, 6.45) is 1.76. The van der Waals surface area contributed by atoms with Gasteiger partial charge in [0.15, 0.2) is 0 Å². The highest BCUT2D eigenvalue weighted by Crippen LogP contribution is 2.10. The van der Waals surface area contributed by atoms with Crippen molar-refractivity contribution in [3.05, 3.63) is 65.5 Å². The van der Waals surface area contributed by atoms with Gasteiger partial charge in [0.25, 0.3) is 0 Å². The van der Waals surface area contributed by atoms with E-state index in [4.69, 9.17) is 5.73 Å². The van der Waals surface area contributed by atoms with E-state index in [0.717, 1.165) is 24.1 Å². The van der Waals surface area contributed by atoms with E-state index >= 15 is 0 Å². The van der Waals surface area contributed by atoms with Crippen LogP contribution in [0.5, 0.6) is 0 Å². The molecule has 0 saturated heterocycles. The number of hydrogen-bond acceptors (Lipinski definition) is 1. The Morgan fingerprint density at radius 1 is 0.875 bits per heavy atom. The fraction of sp³-hybridized carbons (Fsp3) is 0.143. The van der Waals surface area contributed by atoms with Crippen LogP contribution >= 0.6 is 0 Å². The molecule has 0 aliphatic carbocycles. The number of hydrogen-bond donors (Lipinski definition) is 1. The Bertz CT molecular complexity index is 462. The molecule has 0 radical (unpaired) electrons. The summed E-state index contributed by atoms with van der Waals surface area (Å²) in [7, 11) is 0. The van der Waals surface area contributed by atoms with Crippen LogP contribution in [0.25, 0.3) is 0 Å². The molecule has 1 nitrogen and oxygen atoms in total. The van der Waals surface area contributed by atoms with Gasteiger partial charge in [0, 0.05) is 5.69 Å². The maximum absolute atomic E-state index is 12.9. The molecule has 0 fully saturated rings. The zero-order valence-corrected chi connectivity index (χ0v) is 8.99. The number of benzene rings is 2. The molecule has 2 heteroatoms. The third kappa shape index (κ3) is 2.83. The van der Waals surface area contributed by atoms with Crippen molar-refractivity contribution in [3.63, 3.8) is 0 Å². The van der Waals surface area contributed by atoms with Gasteiger partial charge in [-0.2, -0.15) is 0 Å². The molecule has 0 aliphatic rings. The second kappa shape index (κ2) is 4.79. The second-order valence-electron chi connectivity index (χ2n) is 3.87. The standard InChI is InChI=1S/C14H14FN/c15-13-3-1-2-12(10-13)5-4-11-6-8-14(16)9-7-11/h1-3,6-10H,4-5,16H2. The SMILES string of the molecule is Nc1ccc(CCc2cccc(F)c2)cc1. The molecule has 16 heavy (non-hydrogen) atoms. The summed E-state index contributed by atoms with van der Waals surface area (Å²) in [4.78, 5) is 0. The van der Waals surface area contributed by atoms with Gasteiger partial charge in [0.2, 0.25) is 0 Å². The fourth-order valence-corrected chi connectivity index (χ4v) is 1.67. The molecule has 0 heterocycles. The summed E-state index contributed by atoms with van der Waals surface area (Å²) in [5, 5.41) is 0. The van der Waals surface area contributed by atoms with Crippen LogP contribution in [-0.2, 0) is 12.8 Å². The van der Waals surface area contributed by atoms with Crippen molar-refractivity contribution in [1.82, 2.24) is 0 Å². The Labute approximate surface area is 94.7 Å². The summed E-state index contributed by atoms with van der Waals surface area (Å²) >= 11 is 0. The van der Waals surface area contributed by atoms with Crippen LogP contribution in [0, 0.1) is 5.82 Å². The molecule has 0 bridgehead atoms. The third-order valence-corrected chi connectivity index (χ3v) is 2.57. The van der Waals surface area contributed by atoms with Crippen molar-refractivity contribution in [2.75, 3.05) is 5.73 Å². The zero-order chi connectivity index (χ0) is 11.4. The Balaban J connectivity index is 1.99. The highest BCUT2D eigenvalue weighted by atomic mass is 19.1.